The van der Waals surface area contributed by atoms with Crippen molar-refractivity contribution in [3.8, 4) is 0 Å². The minimum atomic E-state index is 0.519. The summed E-state index contributed by atoms with van der Waals surface area (Å²) in [6, 6.07) is 0. The molecule has 0 aliphatic heterocycles. The van der Waals surface area contributed by atoms with Crippen molar-refractivity contribution in [3.05, 3.63) is 0 Å². The molecule has 0 heterocycles. The van der Waals surface area contributed by atoms with Crippen molar-refractivity contribution in [2.24, 2.45) is 28.1 Å². The van der Waals surface area contributed by atoms with Crippen LogP contribution in [-0.4, -0.2) is 0 Å². The molecule has 0 aromatic carbocycles. The van der Waals surface area contributed by atoms with Crippen molar-refractivity contribution in [1.29, 1.82) is 0 Å². The van der Waals surface area contributed by atoms with Gasteiger partial charge < -0.3 is 0 Å². The summed E-state index contributed by atoms with van der Waals surface area (Å²) in [5.41, 5.74) is 1.71. The molecule has 4 atom stereocenters. The Balaban J connectivity index is 2.40. The lowest BCUT2D eigenvalue weighted by Crippen LogP contribution is -2.56. The van der Waals surface area contributed by atoms with Crippen LogP contribution in [0.4, 0.5) is 0 Å². The Bertz CT molecular complexity index is 278. The maximum Gasteiger partial charge on any atom is -0.0241 e. The van der Waals surface area contributed by atoms with Gasteiger partial charge in [-0.2, -0.15) is 0 Å². The van der Waals surface area contributed by atoms with Gasteiger partial charge in [0.2, 0.25) is 0 Å². The Hall–Kier alpha value is 0. The van der Waals surface area contributed by atoms with Crippen LogP contribution in [0.3, 0.4) is 0 Å². The van der Waals surface area contributed by atoms with Crippen molar-refractivity contribution in [2.45, 2.75) is 73.6 Å². The Morgan fingerprint density at radius 1 is 0.875 bits per heavy atom. The van der Waals surface area contributed by atoms with Crippen LogP contribution in [0.25, 0.3) is 0 Å². The highest BCUT2D eigenvalue weighted by molar-refractivity contribution is 5.07. The van der Waals surface area contributed by atoms with Gasteiger partial charge >= 0.3 is 0 Å². The van der Waals surface area contributed by atoms with Crippen LogP contribution in [0.5, 0.6) is 0 Å². The molecule has 0 saturated heterocycles. The fraction of sp³-hybridized carbons (Fsp3) is 1.00. The monoisotopic (exact) mass is 222 g/mol. The summed E-state index contributed by atoms with van der Waals surface area (Å²) in [4.78, 5) is 0. The molecule has 2 aliphatic carbocycles. The summed E-state index contributed by atoms with van der Waals surface area (Å²) in [6.07, 6.45) is 7.29. The lowest BCUT2D eigenvalue weighted by Gasteiger charge is -2.64. The second-order valence-corrected chi connectivity index (χ2v) is 7.83. The number of fused-ring (bicyclic) bond motifs is 1. The molecule has 0 aromatic heterocycles. The summed E-state index contributed by atoms with van der Waals surface area (Å²) < 4.78 is 0. The Morgan fingerprint density at radius 2 is 1.44 bits per heavy atom. The largest absolute Gasteiger partial charge is 0.0620 e. The van der Waals surface area contributed by atoms with Crippen molar-refractivity contribution < 1.29 is 0 Å². The third-order valence-corrected chi connectivity index (χ3v) is 7.15. The standard InChI is InChI=1S/C16H30/c1-12-11-15(5)9-7-8-10-16(15,6)13(2)14(12,3)4/h12-13H,7-11H2,1-6H3/t12?,13-,15?,16?/m0/s1. The average Bonchev–Trinajstić information content (AvgIpc) is 2.20. The van der Waals surface area contributed by atoms with Crippen molar-refractivity contribution in [1.82, 2.24) is 0 Å². The quantitative estimate of drug-likeness (QED) is 0.523. The van der Waals surface area contributed by atoms with Gasteiger partial charge in [0.05, 0.1) is 0 Å². The van der Waals surface area contributed by atoms with E-state index in [4.69, 9.17) is 0 Å². The molecule has 3 unspecified atom stereocenters. The first kappa shape index (κ1) is 12.5. The maximum absolute atomic E-state index is 2.59. The van der Waals surface area contributed by atoms with Crippen molar-refractivity contribution in [3.63, 3.8) is 0 Å². The van der Waals surface area contributed by atoms with Crippen LogP contribution in [0.1, 0.15) is 73.6 Å². The first-order valence-corrected chi connectivity index (χ1v) is 7.24. The van der Waals surface area contributed by atoms with Gasteiger partial charge in [0.1, 0.15) is 0 Å². The van der Waals surface area contributed by atoms with E-state index in [2.05, 4.69) is 41.5 Å². The Labute approximate surface area is 102 Å². The number of hydrogen-bond acceptors (Lipinski definition) is 0. The molecule has 0 nitrogen and oxygen atoms in total. The van der Waals surface area contributed by atoms with E-state index in [0.29, 0.717) is 16.2 Å². The molecule has 0 amide bonds. The molecule has 0 aromatic rings. The second-order valence-electron chi connectivity index (χ2n) is 7.83. The third kappa shape index (κ3) is 1.41. The zero-order valence-corrected chi connectivity index (χ0v) is 12.2. The van der Waals surface area contributed by atoms with Crippen LogP contribution < -0.4 is 0 Å². The zero-order valence-electron chi connectivity index (χ0n) is 12.2. The summed E-state index contributed by atoms with van der Waals surface area (Å²) in [6.45, 7) is 15.2. The topological polar surface area (TPSA) is 0 Å². The van der Waals surface area contributed by atoms with Gasteiger partial charge in [0.15, 0.2) is 0 Å². The summed E-state index contributed by atoms with van der Waals surface area (Å²) in [5.74, 6) is 1.73. The summed E-state index contributed by atoms with van der Waals surface area (Å²) >= 11 is 0. The lowest BCUT2D eigenvalue weighted by atomic mass is 9.41. The molecule has 0 spiro atoms. The van der Waals surface area contributed by atoms with E-state index in [0.717, 1.165) is 11.8 Å². The van der Waals surface area contributed by atoms with E-state index in [1.165, 1.54) is 32.1 Å². The molecule has 2 aliphatic rings. The van der Waals surface area contributed by atoms with Crippen LogP contribution in [0, 0.1) is 28.1 Å². The molecule has 2 saturated carbocycles. The molecule has 0 heteroatoms. The van der Waals surface area contributed by atoms with Gasteiger partial charge in [-0.25, -0.2) is 0 Å². The van der Waals surface area contributed by atoms with E-state index < -0.39 is 0 Å². The molecule has 16 heavy (non-hydrogen) atoms. The van der Waals surface area contributed by atoms with E-state index in [-0.39, 0.29) is 0 Å². The van der Waals surface area contributed by atoms with Gasteiger partial charge in [-0.3, -0.25) is 0 Å². The smallest absolute Gasteiger partial charge is 0.0241 e. The Kier molecular flexibility index (Phi) is 2.72. The van der Waals surface area contributed by atoms with Gasteiger partial charge in [-0.1, -0.05) is 54.4 Å². The van der Waals surface area contributed by atoms with Crippen molar-refractivity contribution in [2.75, 3.05) is 0 Å². The normalized spacial score (nSPS) is 52.1. The molecule has 2 fully saturated rings. The molecule has 94 valence electrons. The minimum absolute atomic E-state index is 0.519. The van der Waals surface area contributed by atoms with Gasteiger partial charge in [-0.15, -0.1) is 0 Å². The van der Waals surface area contributed by atoms with Crippen LogP contribution >= 0.6 is 0 Å². The van der Waals surface area contributed by atoms with Gasteiger partial charge in [0.25, 0.3) is 0 Å². The van der Waals surface area contributed by atoms with Crippen LogP contribution in [0.2, 0.25) is 0 Å². The maximum atomic E-state index is 2.59. The van der Waals surface area contributed by atoms with E-state index in [1.54, 1.807) is 0 Å². The third-order valence-electron chi connectivity index (χ3n) is 7.15. The minimum Gasteiger partial charge on any atom is -0.0620 e. The predicted octanol–water partition coefficient (Wildman–Crippen LogP) is 5.28. The van der Waals surface area contributed by atoms with E-state index in [1.807, 2.05) is 0 Å². The predicted molar refractivity (Wildman–Crippen MR) is 71.4 cm³/mol. The average molecular weight is 222 g/mol. The number of hydrogen-bond donors (Lipinski definition) is 0. The molecular formula is C16H30. The fourth-order valence-corrected chi connectivity index (χ4v) is 4.86. The highest BCUT2D eigenvalue weighted by Crippen LogP contribution is 2.66. The molecule has 2 rings (SSSR count). The summed E-state index contributed by atoms with van der Waals surface area (Å²) in [7, 11) is 0. The van der Waals surface area contributed by atoms with Gasteiger partial charge in [-0.05, 0) is 47.3 Å². The summed E-state index contributed by atoms with van der Waals surface area (Å²) in [5, 5.41) is 0. The van der Waals surface area contributed by atoms with E-state index in [9.17, 15) is 0 Å². The molecular weight excluding hydrogens is 192 g/mol. The SMILES string of the molecule is CC1CC2(C)CCCCC2(C)[C@@H](C)C1(C)C. The van der Waals surface area contributed by atoms with Crippen LogP contribution in [0.15, 0.2) is 0 Å². The lowest BCUT2D eigenvalue weighted by molar-refractivity contribution is -0.149. The fourth-order valence-electron chi connectivity index (χ4n) is 4.86. The van der Waals surface area contributed by atoms with Crippen molar-refractivity contribution >= 4 is 0 Å². The molecule has 0 N–H and O–H groups in total. The van der Waals surface area contributed by atoms with E-state index >= 15 is 0 Å². The molecule has 0 bridgehead atoms. The number of rotatable bonds is 0. The second kappa shape index (κ2) is 3.50. The zero-order chi connectivity index (χ0) is 12.2. The first-order valence-electron chi connectivity index (χ1n) is 7.24. The highest BCUT2D eigenvalue weighted by Gasteiger charge is 2.58. The van der Waals surface area contributed by atoms with Gasteiger partial charge in [0, 0.05) is 0 Å². The first-order chi connectivity index (χ1) is 7.24. The molecule has 0 radical (unpaired) electrons. The highest BCUT2D eigenvalue weighted by atomic mass is 14.6. The van der Waals surface area contributed by atoms with Crippen LogP contribution in [-0.2, 0) is 0 Å². The Morgan fingerprint density at radius 3 is 2.06 bits per heavy atom.